The number of anilines is 1. The zero-order valence-corrected chi connectivity index (χ0v) is 22.6. The Morgan fingerprint density at radius 3 is 2.12 bits per heavy atom. The smallest absolute Gasteiger partial charge is 0.326 e. The molecule has 0 heterocycles. The Balaban J connectivity index is 1.57. The monoisotopic (exact) mass is 637 g/mol. The maximum atomic E-state index is 14.8. The Kier molecular flexibility index (Phi) is 8.45. The molecule has 3 aromatic carbocycles. The van der Waals surface area contributed by atoms with Crippen molar-refractivity contribution in [2.75, 3.05) is 5.32 Å². The van der Waals surface area contributed by atoms with Crippen molar-refractivity contribution in [2.24, 2.45) is 5.92 Å². The van der Waals surface area contributed by atoms with Gasteiger partial charge < -0.3 is 5.32 Å². The molecule has 1 fully saturated rings. The largest absolute Gasteiger partial charge is 0.419 e. The summed E-state index contributed by atoms with van der Waals surface area (Å²) in [5.74, 6) is -12.4. The molecule has 0 radical (unpaired) electrons. The number of benzene rings is 3. The fraction of sp³-hybridized carbons (Fsp3) is 0.250. The van der Waals surface area contributed by atoms with Crippen molar-refractivity contribution >= 4 is 46.4 Å². The molecule has 0 aliphatic heterocycles. The number of hydrogen-bond acceptors (Lipinski definition) is 3. The van der Waals surface area contributed by atoms with Gasteiger partial charge in [-0.3, -0.25) is 14.4 Å². The number of hydrogen-bond donors (Lipinski definition) is 1. The van der Waals surface area contributed by atoms with Gasteiger partial charge in [0.15, 0.2) is 17.4 Å². The molecule has 1 amide bonds. The molecule has 1 N–H and O–H groups in total. The number of carbonyl (C=O) groups excluding carboxylic acids is 3. The van der Waals surface area contributed by atoms with Gasteiger partial charge in [-0.2, -0.15) is 13.2 Å². The molecule has 0 bridgehead atoms. The van der Waals surface area contributed by atoms with Crippen molar-refractivity contribution in [1.29, 1.82) is 0 Å². The Morgan fingerprint density at radius 2 is 1.50 bits per heavy atom. The van der Waals surface area contributed by atoms with Crippen LogP contribution in [0.1, 0.15) is 45.5 Å². The van der Waals surface area contributed by atoms with Crippen LogP contribution in [-0.4, -0.2) is 21.8 Å². The average Bonchev–Trinajstić information content (AvgIpc) is 3.46. The lowest BCUT2D eigenvalue weighted by atomic mass is 9.97. The highest BCUT2D eigenvalue weighted by molar-refractivity contribution is 6.53. The molecule has 0 spiro atoms. The lowest BCUT2D eigenvalue weighted by Gasteiger charge is -2.11. The Bertz CT molecular complexity index is 1620. The van der Waals surface area contributed by atoms with Gasteiger partial charge >= 0.3 is 6.18 Å². The van der Waals surface area contributed by atoms with Crippen LogP contribution >= 0.6 is 23.2 Å². The summed E-state index contributed by atoms with van der Waals surface area (Å²) in [6.45, 7) is 1.09. The summed E-state index contributed by atoms with van der Waals surface area (Å²) in [7, 11) is 0. The highest BCUT2D eigenvalue weighted by Crippen LogP contribution is 2.65. The van der Waals surface area contributed by atoms with Crippen molar-refractivity contribution in [3.05, 3.63) is 99.4 Å². The van der Waals surface area contributed by atoms with Gasteiger partial charge in [-0.25, -0.2) is 22.0 Å². The zero-order valence-electron chi connectivity index (χ0n) is 21.1. The van der Waals surface area contributed by atoms with E-state index in [1.54, 1.807) is 0 Å². The third-order valence-electron chi connectivity index (χ3n) is 6.63. The van der Waals surface area contributed by atoms with Gasteiger partial charge in [0.1, 0.15) is 27.6 Å². The molecule has 222 valence electrons. The summed E-state index contributed by atoms with van der Waals surface area (Å²) < 4.78 is 109. The number of carbonyl (C=O) groups is 3. The third-order valence-corrected chi connectivity index (χ3v) is 7.57. The molecule has 1 aliphatic carbocycles. The zero-order chi connectivity index (χ0) is 31.3. The van der Waals surface area contributed by atoms with Crippen LogP contribution in [0.3, 0.4) is 0 Å². The second-order valence-corrected chi connectivity index (χ2v) is 11.1. The van der Waals surface area contributed by atoms with Gasteiger partial charge in [-0.15, -0.1) is 23.2 Å². The predicted octanol–water partition coefficient (Wildman–Crippen LogP) is 7.48. The first kappa shape index (κ1) is 31.4. The molecule has 4 rings (SSSR count). The minimum Gasteiger partial charge on any atom is -0.326 e. The lowest BCUT2D eigenvalue weighted by Crippen LogP contribution is -2.18. The van der Waals surface area contributed by atoms with Crippen molar-refractivity contribution in [2.45, 2.75) is 36.2 Å². The van der Waals surface area contributed by atoms with E-state index < -0.39 is 110 Å². The summed E-state index contributed by atoms with van der Waals surface area (Å²) in [4.78, 5) is 37.1. The van der Waals surface area contributed by atoms with E-state index in [4.69, 9.17) is 23.2 Å². The first-order valence-electron chi connectivity index (χ1n) is 12.0. The van der Waals surface area contributed by atoms with Crippen LogP contribution in [0.5, 0.6) is 0 Å². The fourth-order valence-corrected chi connectivity index (χ4v) is 5.40. The average molecular weight is 638 g/mol. The van der Waals surface area contributed by atoms with Crippen LogP contribution in [-0.2, 0) is 28.6 Å². The molecule has 0 aromatic heterocycles. The number of Topliss-reactive ketones (excluding diaryl/α,β-unsaturated/α-hetero) is 2. The summed E-state index contributed by atoms with van der Waals surface area (Å²) in [6, 6.07) is 4.92. The molecule has 42 heavy (non-hydrogen) atoms. The number of amides is 1. The summed E-state index contributed by atoms with van der Waals surface area (Å²) in [5.41, 5.74) is -4.20. The molecule has 14 heteroatoms. The predicted molar refractivity (Wildman–Crippen MR) is 136 cm³/mol. The van der Waals surface area contributed by atoms with Crippen LogP contribution in [0.25, 0.3) is 0 Å². The Hall–Kier alpha value is -3.51. The second kappa shape index (κ2) is 11.3. The second-order valence-electron chi connectivity index (χ2n) is 9.65. The molecule has 0 unspecified atom stereocenters. The van der Waals surface area contributed by atoms with Crippen LogP contribution < -0.4 is 5.32 Å². The van der Waals surface area contributed by atoms with E-state index in [9.17, 15) is 49.5 Å². The number of nitrogens with one attached hydrogen (secondary N) is 1. The Labute approximate surface area is 242 Å². The van der Waals surface area contributed by atoms with E-state index in [1.165, 1.54) is 0 Å². The van der Waals surface area contributed by atoms with Gasteiger partial charge in [-0.1, -0.05) is 12.1 Å². The molecular formula is C28H17Cl2F8NO3. The minimum atomic E-state index is -5.05. The summed E-state index contributed by atoms with van der Waals surface area (Å²) in [6.07, 6.45) is -6.52. The van der Waals surface area contributed by atoms with Gasteiger partial charge in [-0.05, 0) is 42.3 Å². The van der Waals surface area contributed by atoms with Crippen molar-refractivity contribution in [3.63, 3.8) is 0 Å². The maximum absolute atomic E-state index is 14.8. The molecular weight excluding hydrogens is 621 g/mol. The first-order chi connectivity index (χ1) is 19.4. The molecule has 2 atom stereocenters. The number of alkyl halides is 5. The fourth-order valence-electron chi connectivity index (χ4n) is 4.57. The van der Waals surface area contributed by atoms with E-state index in [2.05, 4.69) is 5.32 Å². The first-order valence-corrected chi connectivity index (χ1v) is 12.7. The quantitative estimate of drug-likeness (QED) is 0.158. The molecule has 1 saturated carbocycles. The van der Waals surface area contributed by atoms with Crippen molar-refractivity contribution in [1.82, 2.24) is 0 Å². The SMILES string of the molecule is CC(=O)Cc1c(F)ccc(CC(=O)c2cc(NC(=O)[C@H]3[C@H](c4ccc(F)c(C(F)(F)F)c4)C3(Cl)Cl)cc(F)c2F)c1F. The standard InChI is InChI=1S/C28H17Cl2F8NO3/c1-11(40)6-15-18(31)4-3-13(24(15)34)8-21(41)16-9-14(10-20(33)25(16)35)39-26(42)23-22(27(23,29)30)12-2-5-19(32)17(7-12)28(36,37)38/h2-5,7,9-10,22-23H,6,8H2,1H3,(H,39,42)/t22-,23+/m0/s1. The molecule has 4 nitrogen and oxygen atoms in total. The number of rotatable bonds is 8. The van der Waals surface area contributed by atoms with Gasteiger partial charge in [0.05, 0.1) is 17.0 Å². The maximum Gasteiger partial charge on any atom is 0.419 e. The summed E-state index contributed by atoms with van der Waals surface area (Å²) >= 11 is 12.3. The van der Waals surface area contributed by atoms with E-state index in [1.807, 2.05) is 0 Å². The van der Waals surface area contributed by atoms with Crippen LogP contribution in [0, 0.1) is 35.0 Å². The van der Waals surface area contributed by atoms with Crippen LogP contribution in [0.15, 0.2) is 42.5 Å². The molecule has 0 saturated heterocycles. The minimum absolute atomic E-state index is 0.208. The van der Waals surface area contributed by atoms with E-state index in [0.29, 0.717) is 18.2 Å². The number of ketones is 2. The lowest BCUT2D eigenvalue weighted by molar-refractivity contribution is -0.140. The molecule has 3 aromatic rings. The van der Waals surface area contributed by atoms with Crippen molar-refractivity contribution in [3.8, 4) is 0 Å². The third kappa shape index (κ3) is 6.14. The van der Waals surface area contributed by atoms with E-state index in [-0.39, 0.29) is 5.56 Å². The normalized spacial score (nSPS) is 17.6. The topological polar surface area (TPSA) is 63.2 Å². The van der Waals surface area contributed by atoms with Gasteiger partial charge in [0.25, 0.3) is 0 Å². The number of halogens is 10. The van der Waals surface area contributed by atoms with Crippen LogP contribution in [0.2, 0.25) is 0 Å². The van der Waals surface area contributed by atoms with Gasteiger partial charge in [0.2, 0.25) is 5.91 Å². The highest BCUT2D eigenvalue weighted by atomic mass is 35.5. The highest BCUT2D eigenvalue weighted by Gasteiger charge is 2.67. The van der Waals surface area contributed by atoms with E-state index in [0.717, 1.165) is 31.2 Å². The Morgan fingerprint density at radius 1 is 0.857 bits per heavy atom. The van der Waals surface area contributed by atoms with Crippen molar-refractivity contribution < 1.29 is 49.5 Å². The van der Waals surface area contributed by atoms with Gasteiger partial charge in [0, 0.05) is 36.1 Å². The van der Waals surface area contributed by atoms with E-state index >= 15 is 0 Å². The molecule has 1 aliphatic rings. The van der Waals surface area contributed by atoms with Crippen LogP contribution in [0.4, 0.5) is 40.8 Å². The summed E-state index contributed by atoms with van der Waals surface area (Å²) in [5, 5.41) is 2.17.